The fourth-order valence-electron chi connectivity index (χ4n) is 2.72. The molecule has 3 rings (SSSR count). The van der Waals surface area contributed by atoms with Gasteiger partial charge in [-0.25, -0.2) is 15.0 Å². The van der Waals surface area contributed by atoms with Crippen LogP contribution in [0.15, 0.2) is 18.6 Å². The Labute approximate surface area is 132 Å². The highest BCUT2D eigenvalue weighted by atomic mass is 35.5. The second-order valence-electron chi connectivity index (χ2n) is 5.37. The molecule has 1 amide bonds. The molecule has 0 bridgehead atoms. The van der Waals surface area contributed by atoms with Gasteiger partial charge >= 0.3 is 0 Å². The number of rotatable bonds is 3. The normalized spacial score (nSPS) is 24.8. The molecule has 1 aliphatic rings. The van der Waals surface area contributed by atoms with Crippen molar-refractivity contribution < 1.29 is 14.4 Å². The zero-order valence-corrected chi connectivity index (χ0v) is 13.3. The number of likely N-dealkylation sites (N-methyl/N-ethyl adjacent to an activating group) is 1. The van der Waals surface area contributed by atoms with Gasteiger partial charge in [0.1, 0.15) is 29.5 Å². The predicted octanol–water partition coefficient (Wildman–Crippen LogP) is 2.03. The zero-order chi connectivity index (χ0) is 15.9. The molecule has 0 aliphatic carbocycles. The van der Waals surface area contributed by atoms with Gasteiger partial charge in [-0.2, -0.15) is 0 Å². The second-order valence-corrected chi connectivity index (χ2v) is 5.73. The van der Waals surface area contributed by atoms with E-state index in [9.17, 15) is 4.79 Å². The van der Waals surface area contributed by atoms with Gasteiger partial charge in [-0.05, 0) is 18.4 Å². The van der Waals surface area contributed by atoms with Crippen LogP contribution in [0, 0.1) is 5.92 Å². The first-order valence-corrected chi connectivity index (χ1v) is 7.35. The number of ether oxygens (including phenoxy) is 1. The highest BCUT2D eigenvalue weighted by Crippen LogP contribution is 2.36. The van der Waals surface area contributed by atoms with Gasteiger partial charge in [0.25, 0.3) is 5.91 Å². The van der Waals surface area contributed by atoms with Crippen LogP contribution in [0.4, 0.5) is 0 Å². The van der Waals surface area contributed by atoms with Crippen LogP contribution in [0.1, 0.15) is 19.6 Å². The summed E-state index contributed by atoms with van der Waals surface area (Å²) in [5.41, 5.74) is 0.699. The van der Waals surface area contributed by atoms with Gasteiger partial charge < -0.3 is 9.30 Å². The molecule has 1 aliphatic heterocycles. The molecule has 1 fully saturated rings. The summed E-state index contributed by atoms with van der Waals surface area (Å²) in [6.45, 7) is 1.99. The lowest BCUT2D eigenvalue weighted by Gasteiger charge is -2.21. The number of amides is 1. The number of nitrogens with zero attached hydrogens (tertiary/aromatic N) is 4. The third kappa shape index (κ3) is 2.45. The van der Waals surface area contributed by atoms with Crippen LogP contribution in [0.2, 0.25) is 5.15 Å². The van der Waals surface area contributed by atoms with Crippen molar-refractivity contribution in [3.63, 3.8) is 0 Å². The number of halogens is 1. The zero-order valence-electron chi connectivity index (χ0n) is 12.6. The minimum atomic E-state index is -0.537. The number of hydroxylamine groups is 2. The largest absolute Gasteiger partial charge is 0.345 e. The molecule has 3 heterocycles. The van der Waals surface area contributed by atoms with E-state index in [0.29, 0.717) is 17.2 Å². The summed E-state index contributed by atoms with van der Waals surface area (Å²) in [6.07, 6.45) is 3.18. The van der Waals surface area contributed by atoms with E-state index in [1.54, 1.807) is 7.05 Å². The van der Waals surface area contributed by atoms with E-state index in [1.807, 2.05) is 23.8 Å². The molecule has 0 radical (unpaired) electrons. The molecule has 0 saturated carbocycles. The van der Waals surface area contributed by atoms with Crippen molar-refractivity contribution in [1.82, 2.24) is 19.6 Å². The fourth-order valence-corrected chi connectivity index (χ4v) is 2.91. The Kier molecular flexibility index (Phi) is 4.03. The first-order chi connectivity index (χ1) is 10.5. The van der Waals surface area contributed by atoms with Crippen molar-refractivity contribution in [3.05, 3.63) is 23.7 Å². The third-order valence-corrected chi connectivity index (χ3v) is 4.29. The topological polar surface area (TPSA) is 69.5 Å². The van der Waals surface area contributed by atoms with Gasteiger partial charge in [0, 0.05) is 13.2 Å². The number of carbonyl (C=O) groups is 1. The number of hydrogen-bond donors (Lipinski definition) is 0. The minimum Gasteiger partial charge on any atom is -0.345 e. The lowest BCUT2D eigenvalue weighted by atomic mass is 10.0. The molecule has 3 unspecified atom stereocenters. The van der Waals surface area contributed by atoms with Gasteiger partial charge in [0.15, 0.2) is 0 Å². The van der Waals surface area contributed by atoms with Gasteiger partial charge in [0.05, 0.1) is 12.5 Å². The standard InChI is InChI=1S/C14H17ClN4O3/c1-8-6-10(22-11(8)14(20)18(2)21-3)19-5-4-9-12(15)16-7-17-13(9)19/h4-5,7-8,10-11H,6H2,1-3H3. The first-order valence-electron chi connectivity index (χ1n) is 6.97. The molecule has 3 atom stereocenters. The summed E-state index contributed by atoms with van der Waals surface area (Å²) in [5.74, 6) is -0.119. The maximum atomic E-state index is 12.2. The van der Waals surface area contributed by atoms with E-state index < -0.39 is 6.10 Å². The van der Waals surface area contributed by atoms with Gasteiger partial charge in [-0.3, -0.25) is 9.63 Å². The molecular formula is C14H17ClN4O3. The van der Waals surface area contributed by atoms with Crippen LogP contribution in [0.3, 0.4) is 0 Å². The fraction of sp³-hybridized carbons (Fsp3) is 0.500. The highest BCUT2D eigenvalue weighted by molar-refractivity contribution is 6.33. The molecule has 0 N–H and O–H groups in total. The maximum Gasteiger partial charge on any atom is 0.275 e. The Morgan fingerprint density at radius 2 is 2.32 bits per heavy atom. The third-order valence-electron chi connectivity index (χ3n) is 3.99. The van der Waals surface area contributed by atoms with Crippen LogP contribution in [0.5, 0.6) is 0 Å². The Balaban J connectivity index is 1.87. The van der Waals surface area contributed by atoms with E-state index in [0.717, 1.165) is 5.39 Å². The summed E-state index contributed by atoms with van der Waals surface area (Å²) in [7, 11) is 3.02. The Morgan fingerprint density at radius 1 is 1.55 bits per heavy atom. The lowest BCUT2D eigenvalue weighted by Crippen LogP contribution is -2.38. The van der Waals surface area contributed by atoms with Crippen LogP contribution < -0.4 is 0 Å². The average Bonchev–Trinajstić information content (AvgIpc) is 3.10. The van der Waals surface area contributed by atoms with Gasteiger partial charge in [-0.15, -0.1) is 0 Å². The van der Waals surface area contributed by atoms with E-state index in [2.05, 4.69) is 9.97 Å². The number of aromatic nitrogens is 3. The molecule has 0 aromatic carbocycles. The van der Waals surface area contributed by atoms with Crippen LogP contribution >= 0.6 is 11.6 Å². The monoisotopic (exact) mass is 324 g/mol. The second kappa shape index (κ2) is 5.83. The van der Waals surface area contributed by atoms with E-state index in [-0.39, 0.29) is 18.1 Å². The molecule has 7 nitrogen and oxygen atoms in total. The summed E-state index contributed by atoms with van der Waals surface area (Å²) in [5, 5.41) is 2.36. The predicted molar refractivity (Wildman–Crippen MR) is 80.0 cm³/mol. The first kappa shape index (κ1) is 15.2. The van der Waals surface area contributed by atoms with E-state index >= 15 is 0 Å². The Bertz CT molecular complexity index is 704. The van der Waals surface area contributed by atoms with Crippen molar-refractivity contribution in [2.24, 2.45) is 5.92 Å². The van der Waals surface area contributed by atoms with Gasteiger partial charge in [0.2, 0.25) is 0 Å². The van der Waals surface area contributed by atoms with Crippen molar-refractivity contribution in [1.29, 1.82) is 0 Å². The molecule has 8 heteroatoms. The van der Waals surface area contributed by atoms with Crippen LogP contribution in [-0.4, -0.2) is 45.8 Å². The van der Waals surface area contributed by atoms with Crippen molar-refractivity contribution in [2.45, 2.75) is 25.7 Å². The average molecular weight is 325 g/mol. The minimum absolute atomic E-state index is 0.0739. The summed E-state index contributed by atoms with van der Waals surface area (Å²) in [6, 6.07) is 1.85. The van der Waals surface area contributed by atoms with Gasteiger partial charge in [-0.1, -0.05) is 18.5 Å². The number of carbonyl (C=O) groups excluding carboxylic acids is 1. The highest BCUT2D eigenvalue weighted by Gasteiger charge is 2.40. The van der Waals surface area contributed by atoms with Crippen LogP contribution in [0.25, 0.3) is 11.0 Å². The van der Waals surface area contributed by atoms with Crippen LogP contribution in [-0.2, 0) is 14.4 Å². The molecular weight excluding hydrogens is 308 g/mol. The Hall–Kier alpha value is -1.70. The van der Waals surface area contributed by atoms with E-state index in [1.165, 1.54) is 18.5 Å². The molecule has 118 valence electrons. The van der Waals surface area contributed by atoms with Crippen molar-refractivity contribution in [3.8, 4) is 0 Å². The van der Waals surface area contributed by atoms with Crippen molar-refractivity contribution >= 4 is 28.5 Å². The molecule has 2 aromatic heterocycles. The summed E-state index contributed by atoms with van der Waals surface area (Å²) >= 11 is 6.06. The van der Waals surface area contributed by atoms with Crippen molar-refractivity contribution in [2.75, 3.05) is 14.2 Å². The number of hydrogen-bond acceptors (Lipinski definition) is 5. The van der Waals surface area contributed by atoms with E-state index in [4.69, 9.17) is 21.2 Å². The SMILES string of the molecule is CON(C)C(=O)C1OC(n2ccc3c(Cl)ncnc32)CC1C. The summed E-state index contributed by atoms with van der Waals surface area (Å²) in [4.78, 5) is 25.4. The Morgan fingerprint density at radius 3 is 3.05 bits per heavy atom. The smallest absolute Gasteiger partial charge is 0.275 e. The maximum absolute atomic E-state index is 12.2. The summed E-state index contributed by atoms with van der Waals surface area (Å²) < 4.78 is 7.83. The molecule has 22 heavy (non-hydrogen) atoms. The quantitative estimate of drug-likeness (QED) is 0.638. The lowest BCUT2D eigenvalue weighted by molar-refractivity contribution is -0.183. The molecule has 0 spiro atoms. The molecule has 1 saturated heterocycles. The number of fused-ring (bicyclic) bond motifs is 1. The molecule has 2 aromatic rings.